The van der Waals surface area contributed by atoms with Gasteiger partial charge in [0.25, 0.3) is 0 Å². The predicted octanol–water partition coefficient (Wildman–Crippen LogP) is 2.16. The standard InChI is InChI=1S/C11H23N3O.C2H6/c1-9(2)12-11(15)14-7-5-13(6-8-14)10(3)4;1-2/h9-10H,5-8H2,1-4H3,(H,12,15);1-2H3. The number of carbonyl (C=O) groups is 1. The van der Waals surface area contributed by atoms with E-state index in [1.165, 1.54) is 0 Å². The number of hydrogen-bond acceptors (Lipinski definition) is 2. The van der Waals surface area contributed by atoms with E-state index in [0.29, 0.717) is 6.04 Å². The van der Waals surface area contributed by atoms with Crippen LogP contribution < -0.4 is 5.32 Å². The first kappa shape index (κ1) is 16.2. The Morgan fingerprint density at radius 1 is 1.00 bits per heavy atom. The highest BCUT2D eigenvalue weighted by Crippen LogP contribution is 2.05. The molecule has 1 aliphatic rings. The molecule has 1 N–H and O–H groups in total. The van der Waals surface area contributed by atoms with Crippen molar-refractivity contribution in [3.63, 3.8) is 0 Å². The SMILES string of the molecule is CC.CC(C)NC(=O)N1CCN(C(C)C)CC1. The molecule has 1 aliphatic heterocycles. The highest BCUT2D eigenvalue weighted by atomic mass is 16.2. The molecule has 0 saturated carbocycles. The first-order valence-corrected chi connectivity index (χ1v) is 6.80. The van der Waals surface area contributed by atoms with Gasteiger partial charge in [-0.05, 0) is 27.7 Å². The Balaban J connectivity index is 0.00000121. The maximum atomic E-state index is 11.7. The molecular weight excluding hydrogens is 214 g/mol. The molecule has 0 aliphatic carbocycles. The molecule has 0 bridgehead atoms. The van der Waals surface area contributed by atoms with Gasteiger partial charge in [-0.1, -0.05) is 13.8 Å². The van der Waals surface area contributed by atoms with Crippen LogP contribution in [0.25, 0.3) is 0 Å². The Hall–Kier alpha value is -0.770. The molecule has 17 heavy (non-hydrogen) atoms. The Bertz CT molecular complexity index is 209. The van der Waals surface area contributed by atoms with Gasteiger partial charge in [0.05, 0.1) is 0 Å². The van der Waals surface area contributed by atoms with Gasteiger partial charge in [-0.25, -0.2) is 4.79 Å². The van der Waals surface area contributed by atoms with Crippen molar-refractivity contribution in [3.05, 3.63) is 0 Å². The average molecular weight is 243 g/mol. The molecule has 1 heterocycles. The van der Waals surface area contributed by atoms with E-state index in [9.17, 15) is 4.79 Å². The van der Waals surface area contributed by atoms with Crippen molar-refractivity contribution in [2.75, 3.05) is 26.2 Å². The molecule has 102 valence electrons. The normalized spacial score (nSPS) is 16.8. The van der Waals surface area contributed by atoms with Gasteiger partial charge in [0.2, 0.25) is 0 Å². The minimum atomic E-state index is 0.0772. The van der Waals surface area contributed by atoms with Crippen LogP contribution in [0.3, 0.4) is 0 Å². The fraction of sp³-hybridized carbons (Fsp3) is 0.923. The lowest BCUT2D eigenvalue weighted by Crippen LogP contribution is -2.54. The molecule has 0 radical (unpaired) electrons. The van der Waals surface area contributed by atoms with Crippen LogP contribution in [-0.2, 0) is 0 Å². The second-order valence-corrected chi connectivity index (χ2v) is 4.72. The second kappa shape index (κ2) is 8.34. The van der Waals surface area contributed by atoms with Crippen LogP contribution in [0.2, 0.25) is 0 Å². The van der Waals surface area contributed by atoms with Gasteiger partial charge >= 0.3 is 6.03 Å². The van der Waals surface area contributed by atoms with Crippen LogP contribution in [-0.4, -0.2) is 54.1 Å². The molecule has 1 rings (SSSR count). The van der Waals surface area contributed by atoms with Gasteiger partial charge in [-0.3, -0.25) is 4.90 Å². The third-order valence-electron chi connectivity index (χ3n) is 2.74. The molecule has 1 fully saturated rings. The van der Waals surface area contributed by atoms with Crippen molar-refractivity contribution >= 4 is 6.03 Å². The summed E-state index contributed by atoms with van der Waals surface area (Å²) in [6.45, 7) is 16.0. The maximum Gasteiger partial charge on any atom is 0.317 e. The topological polar surface area (TPSA) is 35.6 Å². The van der Waals surface area contributed by atoms with Crippen molar-refractivity contribution < 1.29 is 4.79 Å². The molecule has 4 nitrogen and oxygen atoms in total. The van der Waals surface area contributed by atoms with Crippen molar-refractivity contribution in [1.82, 2.24) is 15.1 Å². The van der Waals surface area contributed by atoms with Crippen LogP contribution in [0, 0.1) is 0 Å². The smallest absolute Gasteiger partial charge is 0.317 e. The van der Waals surface area contributed by atoms with Crippen LogP contribution >= 0.6 is 0 Å². The highest BCUT2D eigenvalue weighted by Gasteiger charge is 2.22. The number of hydrogen-bond donors (Lipinski definition) is 1. The summed E-state index contributed by atoms with van der Waals surface area (Å²) in [4.78, 5) is 16.0. The third kappa shape index (κ3) is 5.91. The lowest BCUT2D eigenvalue weighted by atomic mass is 10.2. The Morgan fingerprint density at radius 2 is 1.47 bits per heavy atom. The lowest BCUT2D eigenvalue weighted by Gasteiger charge is -2.37. The van der Waals surface area contributed by atoms with Gasteiger partial charge in [0.1, 0.15) is 0 Å². The summed E-state index contributed by atoms with van der Waals surface area (Å²) >= 11 is 0. The number of nitrogens with one attached hydrogen (secondary N) is 1. The van der Waals surface area contributed by atoms with Gasteiger partial charge in [0.15, 0.2) is 0 Å². The van der Waals surface area contributed by atoms with Crippen LogP contribution in [0.1, 0.15) is 41.5 Å². The Labute approximate surface area is 106 Å². The Morgan fingerprint density at radius 3 is 1.82 bits per heavy atom. The molecule has 2 amide bonds. The number of nitrogens with zero attached hydrogens (tertiary/aromatic N) is 2. The lowest BCUT2D eigenvalue weighted by molar-refractivity contribution is 0.118. The number of urea groups is 1. The van der Waals surface area contributed by atoms with Crippen molar-refractivity contribution in [2.24, 2.45) is 0 Å². The third-order valence-corrected chi connectivity index (χ3v) is 2.74. The van der Waals surface area contributed by atoms with Crippen molar-refractivity contribution in [2.45, 2.75) is 53.6 Å². The quantitative estimate of drug-likeness (QED) is 0.806. The van der Waals surface area contributed by atoms with Crippen molar-refractivity contribution in [1.29, 1.82) is 0 Å². The van der Waals surface area contributed by atoms with Gasteiger partial charge < -0.3 is 10.2 Å². The van der Waals surface area contributed by atoms with E-state index in [4.69, 9.17) is 0 Å². The van der Waals surface area contributed by atoms with Gasteiger partial charge in [0, 0.05) is 38.3 Å². The first-order valence-electron chi connectivity index (χ1n) is 6.80. The Kier molecular flexibility index (Phi) is 7.96. The molecule has 0 spiro atoms. The van der Waals surface area contributed by atoms with E-state index >= 15 is 0 Å². The molecule has 0 aromatic rings. The minimum Gasteiger partial charge on any atom is -0.336 e. The number of amides is 2. The molecule has 4 heteroatoms. The monoisotopic (exact) mass is 243 g/mol. The fourth-order valence-corrected chi connectivity index (χ4v) is 1.78. The molecule has 0 aromatic heterocycles. The highest BCUT2D eigenvalue weighted by molar-refractivity contribution is 5.74. The summed E-state index contributed by atoms with van der Waals surface area (Å²) in [5, 5.41) is 2.92. The van der Waals surface area contributed by atoms with Crippen molar-refractivity contribution in [3.8, 4) is 0 Å². The largest absolute Gasteiger partial charge is 0.336 e. The zero-order chi connectivity index (χ0) is 13.4. The summed E-state index contributed by atoms with van der Waals surface area (Å²) in [5.41, 5.74) is 0. The van der Waals surface area contributed by atoms with E-state index < -0.39 is 0 Å². The summed E-state index contributed by atoms with van der Waals surface area (Å²) in [5.74, 6) is 0. The van der Waals surface area contributed by atoms with E-state index in [0.717, 1.165) is 26.2 Å². The summed E-state index contributed by atoms with van der Waals surface area (Å²) in [6, 6.07) is 0.884. The summed E-state index contributed by atoms with van der Waals surface area (Å²) in [7, 11) is 0. The average Bonchev–Trinajstić information content (AvgIpc) is 2.31. The van der Waals surface area contributed by atoms with Gasteiger partial charge in [-0.15, -0.1) is 0 Å². The summed E-state index contributed by atoms with van der Waals surface area (Å²) < 4.78 is 0. The molecular formula is C13H29N3O. The molecule has 0 atom stereocenters. The number of rotatable bonds is 2. The second-order valence-electron chi connectivity index (χ2n) is 4.72. The number of carbonyl (C=O) groups excluding carboxylic acids is 1. The zero-order valence-corrected chi connectivity index (χ0v) is 12.3. The van der Waals surface area contributed by atoms with Crippen LogP contribution in [0.5, 0.6) is 0 Å². The summed E-state index contributed by atoms with van der Waals surface area (Å²) in [6.07, 6.45) is 0. The predicted molar refractivity (Wildman–Crippen MR) is 73.3 cm³/mol. The molecule has 0 unspecified atom stereocenters. The van der Waals surface area contributed by atoms with E-state index in [2.05, 4.69) is 24.1 Å². The molecule has 0 aromatic carbocycles. The van der Waals surface area contributed by atoms with E-state index in [1.54, 1.807) is 0 Å². The fourth-order valence-electron chi connectivity index (χ4n) is 1.78. The van der Waals surface area contributed by atoms with Crippen LogP contribution in [0.15, 0.2) is 0 Å². The van der Waals surface area contributed by atoms with E-state index in [-0.39, 0.29) is 12.1 Å². The maximum absolute atomic E-state index is 11.7. The number of piperazine rings is 1. The zero-order valence-electron chi connectivity index (χ0n) is 12.3. The van der Waals surface area contributed by atoms with E-state index in [1.807, 2.05) is 32.6 Å². The minimum absolute atomic E-state index is 0.0772. The first-order chi connectivity index (χ1) is 8.00. The molecule has 1 saturated heterocycles. The van der Waals surface area contributed by atoms with Crippen LogP contribution in [0.4, 0.5) is 4.79 Å². The van der Waals surface area contributed by atoms with Gasteiger partial charge in [-0.2, -0.15) is 0 Å².